The lowest BCUT2D eigenvalue weighted by Gasteiger charge is -2.15. The normalized spacial score (nSPS) is 11.9. The van der Waals surface area contributed by atoms with E-state index in [4.69, 9.17) is 0 Å². The van der Waals surface area contributed by atoms with Gasteiger partial charge in [0, 0.05) is 6.20 Å². The first-order chi connectivity index (χ1) is 10.1. The third kappa shape index (κ3) is 2.90. The molecule has 2 aromatic rings. The van der Waals surface area contributed by atoms with E-state index in [-0.39, 0.29) is 11.4 Å². The Morgan fingerprint density at radius 2 is 2.29 bits per heavy atom. The number of pyridine rings is 1. The number of nitro benzene ring substituents is 1. The van der Waals surface area contributed by atoms with Gasteiger partial charge in [-0.05, 0) is 24.3 Å². The van der Waals surface area contributed by atoms with Crippen LogP contribution in [0, 0.1) is 10.1 Å². The van der Waals surface area contributed by atoms with E-state index in [1.165, 1.54) is 19.4 Å². The topological polar surface area (TPSA) is 115 Å². The highest BCUT2D eigenvalue weighted by Crippen LogP contribution is 2.32. The van der Waals surface area contributed by atoms with Crippen molar-refractivity contribution >= 4 is 28.2 Å². The minimum absolute atomic E-state index is 0.116. The van der Waals surface area contributed by atoms with Crippen LogP contribution in [0.15, 0.2) is 30.5 Å². The Kier molecular flexibility index (Phi) is 4.29. The molecule has 1 aromatic heterocycles. The molecular formula is C13H13N3O5. The van der Waals surface area contributed by atoms with E-state index in [2.05, 4.69) is 15.0 Å². The molecule has 0 aliphatic heterocycles. The van der Waals surface area contributed by atoms with Gasteiger partial charge < -0.3 is 15.2 Å². The lowest BCUT2D eigenvalue weighted by Crippen LogP contribution is -2.34. The van der Waals surface area contributed by atoms with Crippen molar-refractivity contribution in [1.82, 2.24) is 4.98 Å². The molecule has 110 valence electrons. The minimum atomic E-state index is -1.08. The van der Waals surface area contributed by atoms with E-state index in [0.717, 1.165) is 0 Å². The minimum Gasteiger partial charge on any atom is -0.467 e. The van der Waals surface area contributed by atoms with E-state index in [1.807, 2.05) is 0 Å². The van der Waals surface area contributed by atoms with Crippen LogP contribution < -0.4 is 5.32 Å². The smallest absolute Gasteiger partial charge is 0.330 e. The number of nitro groups is 1. The standard InChI is InChI=1S/C13H13N3O5/c1-21-13(18)11(7-17)15-10-5-4-9-8(3-2-6-14-9)12(10)16(19)20/h2-6,11,15,17H,7H2,1H3. The molecule has 1 aromatic carbocycles. The average molecular weight is 291 g/mol. The number of esters is 1. The molecular weight excluding hydrogens is 278 g/mol. The van der Waals surface area contributed by atoms with Crippen LogP contribution in [0.25, 0.3) is 10.9 Å². The zero-order chi connectivity index (χ0) is 15.4. The van der Waals surface area contributed by atoms with E-state index >= 15 is 0 Å². The van der Waals surface area contributed by atoms with Crippen LogP contribution in [0.3, 0.4) is 0 Å². The number of carbonyl (C=O) groups excluding carboxylic acids is 1. The van der Waals surface area contributed by atoms with Crippen molar-refractivity contribution in [3.8, 4) is 0 Å². The fraction of sp³-hybridized carbons (Fsp3) is 0.231. The molecule has 2 N–H and O–H groups in total. The Morgan fingerprint density at radius 1 is 1.52 bits per heavy atom. The van der Waals surface area contributed by atoms with Crippen molar-refractivity contribution in [2.45, 2.75) is 6.04 Å². The molecule has 0 saturated carbocycles. The van der Waals surface area contributed by atoms with Gasteiger partial charge in [0.05, 0.1) is 29.5 Å². The van der Waals surface area contributed by atoms with E-state index in [9.17, 15) is 20.0 Å². The number of anilines is 1. The van der Waals surface area contributed by atoms with Gasteiger partial charge in [-0.15, -0.1) is 0 Å². The third-order valence-electron chi connectivity index (χ3n) is 2.94. The van der Waals surface area contributed by atoms with Gasteiger partial charge in [0.25, 0.3) is 0 Å². The highest BCUT2D eigenvalue weighted by molar-refractivity contribution is 5.95. The second-order valence-electron chi connectivity index (χ2n) is 4.19. The summed E-state index contributed by atoms with van der Waals surface area (Å²) in [7, 11) is 1.17. The lowest BCUT2D eigenvalue weighted by molar-refractivity contribution is -0.382. The summed E-state index contributed by atoms with van der Waals surface area (Å²) < 4.78 is 4.52. The van der Waals surface area contributed by atoms with E-state index in [1.54, 1.807) is 18.2 Å². The predicted molar refractivity (Wildman–Crippen MR) is 74.9 cm³/mol. The molecule has 1 unspecified atom stereocenters. The van der Waals surface area contributed by atoms with Crippen LogP contribution in [-0.4, -0.2) is 40.7 Å². The van der Waals surface area contributed by atoms with E-state index < -0.39 is 23.5 Å². The molecule has 0 spiro atoms. The largest absolute Gasteiger partial charge is 0.467 e. The lowest BCUT2D eigenvalue weighted by atomic mass is 10.1. The summed E-state index contributed by atoms with van der Waals surface area (Å²) in [6, 6.07) is 5.11. The van der Waals surface area contributed by atoms with Crippen molar-refractivity contribution in [3.63, 3.8) is 0 Å². The SMILES string of the molecule is COC(=O)C(CO)Nc1ccc2ncccc2c1[N+](=O)[O-]. The van der Waals surface area contributed by atoms with E-state index in [0.29, 0.717) is 10.9 Å². The molecule has 0 aliphatic carbocycles. The van der Waals surface area contributed by atoms with Gasteiger partial charge in [0.15, 0.2) is 0 Å². The Balaban J connectivity index is 2.51. The number of rotatable bonds is 5. The number of methoxy groups -OCH3 is 1. The number of hydrogen-bond donors (Lipinski definition) is 2. The first-order valence-electron chi connectivity index (χ1n) is 6.05. The number of nitrogens with zero attached hydrogens (tertiary/aromatic N) is 2. The van der Waals surface area contributed by atoms with Crippen LogP contribution in [0.2, 0.25) is 0 Å². The molecule has 0 saturated heterocycles. The molecule has 8 nitrogen and oxygen atoms in total. The quantitative estimate of drug-likeness (QED) is 0.481. The Hall–Kier alpha value is -2.74. The number of aliphatic hydroxyl groups excluding tert-OH is 1. The number of hydrogen-bond acceptors (Lipinski definition) is 7. The highest BCUT2D eigenvalue weighted by Gasteiger charge is 2.24. The molecule has 21 heavy (non-hydrogen) atoms. The van der Waals surface area contributed by atoms with Crippen LogP contribution in [0.1, 0.15) is 0 Å². The molecule has 8 heteroatoms. The van der Waals surface area contributed by atoms with Crippen LogP contribution >= 0.6 is 0 Å². The number of aromatic nitrogens is 1. The molecule has 0 fully saturated rings. The van der Waals surface area contributed by atoms with Crippen molar-refractivity contribution in [3.05, 3.63) is 40.6 Å². The van der Waals surface area contributed by atoms with Gasteiger partial charge in [-0.1, -0.05) is 0 Å². The maximum Gasteiger partial charge on any atom is 0.330 e. The Labute approximate surface area is 119 Å². The van der Waals surface area contributed by atoms with Crippen LogP contribution in [0.4, 0.5) is 11.4 Å². The zero-order valence-corrected chi connectivity index (χ0v) is 11.1. The highest BCUT2D eigenvalue weighted by atomic mass is 16.6. The van der Waals surface area contributed by atoms with Crippen molar-refractivity contribution in [1.29, 1.82) is 0 Å². The van der Waals surface area contributed by atoms with Gasteiger partial charge in [-0.25, -0.2) is 4.79 Å². The van der Waals surface area contributed by atoms with Crippen LogP contribution in [0.5, 0.6) is 0 Å². The first kappa shape index (κ1) is 14.7. The number of ether oxygens (including phenoxy) is 1. The summed E-state index contributed by atoms with van der Waals surface area (Å²) in [5.41, 5.74) is 0.376. The maximum absolute atomic E-state index is 11.5. The van der Waals surface area contributed by atoms with Gasteiger partial charge >= 0.3 is 11.7 Å². The maximum atomic E-state index is 11.5. The number of nitrogens with one attached hydrogen (secondary N) is 1. The number of aliphatic hydroxyl groups is 1. The average Bonchev–Trinajstić information content (AvgIpc) is 2.50. The number of benzene rings is 1. The summed E-state index contributed by atoms with van der Waals surface area (Å²) in [4.78, 5) is 26.3. The van der Waals surface area contributed by atoms with Crippen LogP contribution in [-0.2, 0) is 9.53 Å². The molecule has 0 radical (unpaired) electrons. The second kappa shape index (κ2) is 6.14. The monoisotopic (exact) mass is 291 g/mol. The molecule has 0 amide bonds. The Morgan fingerprint density at radius 3 is 2.90 bits per heavy atom. The fourth-order valence-corrected chi connectivity index (χ4v) is 1.96. The second-order valence-corrected chi connectivity index (χ2v) is 4.19. The molecule has 0 aliphatic rings. The predicted octanol–water partition coefficient (Wildman–Crippen LogP) is 1.09. The van der Waals surface area contributed by atoms with Crippen molar-refractivity contribution in [2.75, 3.05) is 19.0 Å². The van der Waals surface area contributed by atoms with Crippen molar-refractivity contribution in [2.24, 2.45) is 0 Å². The molecule has 1 atom stereocenters. The third-order valence-corrected chi connectivity index (χ3v) is 2.94. The summed E-state index contributed by atoms with van der Waals surface area (Å²) in [5.74, 6) is -0.710. The zero-order valence-electron chi connectivity index (χ0n) is 11.1. The molecule has 1 heterocycles. The van der Waals surface area contributed by atoms with Gasteiger partial charge in [0.2, 0.25) is 0 Å². The molecule has 2 rings (SSSR count). The summed E-state index contributed by atoms with van der Waals surface area (Å²) >= 11 is 0. The van der Waals surface area contributed by atoms with Gasteiger partial charge in [0.1, 0.15) is 11.7 Å². The van der Waals surface area contributed by atoms with Gasteiger partial charge in [-0.3, -0.25) is 15.1 Å². The molecule has 0 bridgehead atoms. The number of fused-ring (bicyclic) bond motifs is 1. The Bertz CT molecular complexity index is 689. The summed E-state index contributed by atoms with van der Waals surface area (Å²) in [6.07, 6.45) is 1.53. The fourth-order valence-electron chi connectivity index (χ4n) is 1.96. The number of carbonyl (C=O) groups is 1. The summed E-state index contributed by atoms with van der Waals surface area (Å²) in [5, 5.41) is 23.5. The summed E-state index contributed by atoms with van der Waals surface area (Å²) in [6.45, 7) is -0.547. The van der Waals surface area contributed by atoms with Gasteiger partial charge in [-0.2, -0.15) is 0 Å². The first-order valence-corrected chi connectivity index (χ1v) is 6.05. The van der Waals surface area contributed by atoms with Crippen molar-refractivity contribution < 1.29 is 19.6 Å².